The summed E-state index contributed by atoms with van der Waals surface area (Å²) in [5.74, 6) is 0.0679. The summed E-state index contributed by atoms with van der Waals surface area (Å²) < 4.78 is 5.37. The lowest BCUT2D eigenvalue weighted by molar-refractivity contribution is 0.0859. The number of ether oxygens (including phenoxy) is 1. The summed E-state index contributed by atoms with van der Waals surface area (Å²) in [6.07, 6.45) is -1.18. The molecule has 4 heteroatoms. The Kier molecular flexibility index (Phi) is 4.17. The van der Waals surface area contributed by atoms with Crippen LogP contribution < -0.4 is 4.74 Å². The number of ketones is 1. The highest BCUT2D eigenvalue weighted by molar-refractivity contribution is 6.31. The molecule has 0 aromatic heterocycles. The SMILES string of the molecule is N#CC(Oc1ccccc1)C(=O)c1cccc(Cl)c1. The van der Waals surface area contributed by atoms with E-state index in [1.807, 2.05) is 12.1 Å². The lowest BCUT2D eigenvalue weighted by Gasteiger charge is -2.11. The van der Waals surface area contributed by atoms with Crippen LogP contribution in [0.3, 0.4) is 0 Å². The smallest absolute Gasteiger partial charge is 0.246 e. The van der Waals surface area contributed by atoms with Gasteiger partial charge in [-0.25, -0.2) is 0 Å². The molecular formula is C15H10ClNO2. The van der Waals surface area contributed by atoms with Gasteiger partial charge in [-0.2, -0.15) is 5.26 Å². The van der Waals surface area contributed by atoms with Crippen LogP contribution in [0.25, 0.3) is 0 Å². The number of carbonyl (C=O) groups excluding carboxylic acids is 1. The Morgan fingerprint density at radius 3 is 2.53 bits per heavy atom. The van der Waals surface area contributed by atoms with E-state index >= 15 is 0 Å². The first-order chi connectivity index (χ1) is 9.20. The quantitative estimate of drug-likeness (QED) is 0.800. The van der Waals surface area contributed by atoms with Gasteiger partial charge in [0.15, 0.2) is 0 Å². The monoisotopic (exact) mass is 271 g/mol. The first kappa shape index (κ1) is 13.1. The zero-order chi connectivity index (χ0) is 13.7. The van der Waals surface area contributed by atoms with Crippen molar-refractivity contribution in [2.24, 2.45) is 0 Å². The number of hydrogen-bond donors (Lipinski definition) is 0. The fourth-order valence-electron chi connectivity index (χ4n) is 1.57. The minimum Gasteiger partial charge on any atom is -0.467 e. The molecule has 1 atom stereocenters. The van der Waals surface area contributed by atoms with Crippen LogP contribution in [-0.2, 0) is 0 Å². The van der Waals surface area contributed by atoms with E-state index in [9.17, 15) is 4.79 Å². The van der Waals surface area contributed by atoms with Crippen LogP contribution in [0.15, 0.2) is 54.6 Å². The Labute approximate surface area is 116 Å². The minimum atomic E-state index is -1.18. The van der Waals surface area contributed by atoms with Gasteiger partial charge in [0.25, 0.3) is 0 Å². The number of halogens is 1. The van der Waals surface area contributed by atoms with Gasteiger partial charge in [0.1, 0.15) is 11.8 Å². The molecule has 2 rings (SSSR count). The Morgan fingerprint density at radius 1 is 1.16 bits per heavy atom. The van der Waals surface area contributed by atoms with Crippen molar-refractivity contribution in [3.8, 4) is 11.8 Å². The molecule has 0 aliphatic rings. The van der Waals surface area contributed by atoms with Crippen LogP contribution in [-0.4, -0.2) is 11.9 Å². The predicted octanol–water partition coefficient (Wildman–Crippen LogP) is 3.49. The second kappa shape index (κ2) is 6.03. The maximum atomic E-state index is 12.1. The molecule has 2 aromatic carbocycles. The third-order valence-corrected chi connectivity index (χ3v) is 2.70. The van der Waals surface area contributed by atoms with Gasteiger partial charge < -0.3 is 4.74 Å². The first-order valence-corrected chi connectivity index (χ1v) is 5.99. The Balaban J connectivity index is 2.19. The summed E-state index contributed by atoms with van der Waals surface area (Å²) in [7, 11) is 0. The Bertz CT molecular complexity index is 620. The number of carbonyl (C=O) groups is 1. The maximum absolute atomic E-state index is 12.1. The average molecular weight is 272 g/mol. The summed E-state index contributed by atoms with van der Waals surface area (Å²) in [5.41, 5.74) is 0.356. The average Bonchev–Trinajstić information content (AvgIpc) is 2.45. The van der Waals surface area contributed by atoms with Crippen LogP contribution in [0.1, 0.15) is 10.4 Å². The Hall–Kier alpha value is -2.31. The molecule has 0 amide bonds. The zero-order valence-electron chi connectivity index (χ0n) is 9.92. The standard InChI is InChI=1S/C15H10ClNO2/c16-12-6-4-5-11(9-12)15(18)14(10-17)19-13-7-2-1-3-8-13/h1-9,14H. The van der Waals surface area contributed by atoms with E-state index in [4.69, 9.17) is 21.6 Å². The number of nitrogens with zero attached hydrogens (tertiary/aromatic N) is 1. The topological polar surface area (TPSA) is 50.1 Å². The lowest BCUT2D eigenvalue weighted by Crippen LogP contribution is -2.25. The first-order valence-electron chi connectivity index (χ1n) is 5.62. The number of benzene rings is 2. The normalized spacial score (nSPS) is 11.4. The summed E-state index contributed by atoms with van der Waals surface area (Å²) in [6.45, 7) is 0. The largest absolute Gasteiger partial charge is 0.467 e. The number of rotatable bonds is 4. The van der Waals surface area contributed by atoms with E-state index in [0.717, 1.165) is 0 Å². The van der Waals surface area contributed by atoms with Gasteiger partial charge in [-0.05, 0) is 24.3 Å². The van der Waals surface area contributed by atoms with E-state index in [-0.39, 0.29) is 0 Å². The van der Waals surface area contributed by atoms with Gasteiger partial charge in [-0.15, -0.1) is 0 Å². The summed E-state index contributed by atoms with van der Waals surface area (Å²) >= 11 is 5.82. The number of Topliss-reactive ketones (excluding diaryl/α,β-unsaturated/α-hetero) is 1. The van der Waals surface area contributed by atoms with Crippen LogP contribution >= 0.6 is 11.6 Å². The van der Waals surface area contributed by atoms with Crippen LogP contribution in [0, 0.1) is 11.3 Å². The molecule has 3 nitrogen and oxygen atoms in total. The lowest BCUT2D eigenvalue weighted by atomic mass is 10.1. The second-order valence-corrected chi connectivity index (χ2v) is 4.25. The van der Waals surface area contributed by atoms with Crippen molar-refractivity contribution < 1.29 is 9.53 Å². The van der Waals surface area contributed by atoms with E-state index in [1.54, 1.807) is 42.5 Å². The fourth-order valence-corrected chi connectivity index (χ4v) is 1.76. The molecule has 0 aliphatic carbocycles. The van der Waals surface area contributed by atoms with E-state index in [1.165, 1.54) is 6.07 Å². The molecule has 0 radical (unpaired) electrons. The minimum absolute atomic E-state index is 0.356. The molecule has 2 aromatic rings. The van der Waals surface area contributed by atoms with Crippen molar-refractivity contribution in [1.82, 2.24) is 0 Å². The molecular weight excluding hydrogens is 262 g/mol. The number of para-hydroxylation sites is 1. The van der Waals surface area contributed by atoms with E-state index < -0.39 is 11.9 Å². The van der Waals surface area contributed by atoms with Gasteiger partial charge in [-0.1, -0.05) is 41.9 Å². The van der Waals surface area contributed by atoms with Gasteiger partial charge in [0, 0.05) is 10.6 Å². The van der Waals surface area contributed by atoms with Crippen LogP contribution in [0.2, 0.25) is 5.02 Å². The fraction of sp³-hybridized carbons (Fsp3) is 0.0667. The third kappa shape index (κ3) is 3.34. The molecule has 19 heavy (non-hydrogen) atoms. The van der Waals surface area contributed by atoms with Gasteiger partial charge in [-0.3, -0.25) is 4.79 Å². The second-order valence-electron chi connectivity index (χ2n) is 3.81. The van der Waals surface area contributed by atoms with Crippen molar-refractivity contribution in [3.05, 3.63) is 65.2 Å². The van der Waals surface area contributed by atoms with Crippen molar-refractivity contribution >= 4 is 17.4 Å². The highest BCUT2D eigenvalue weighted by Gasteiger charge is 2.21. The summed E-state index contributed by atoms with van der Waals surface area (Å²) in [4.78, 5) is 12.1. The molecule has 0 heterocycles. The van der Waals surface area contributed by atoms with E-state index in [2.05, 4.69) is 0 Å². The zero-order valence-corrected chi connectivity index (χ0v) is 10.7. The number of hydrogen-bond acceptors (Lipinski definition) is 3. The highest BCUT2D eigenvalue weighted by Crippen LogP contribution is 2.16. The van der Waals surface area contributed by atoms with Crippen molar-refractivity contribution in [1.29, 1.82) is 5.26 Å². The molecule has 0 saturated heterocycles. The molecule has 0 spiro atoms. The molecule has 0 saturated carbocycles. The molecule has 0 N–H and O–H groups in total. The molecule has 0 bridgehead atoms. The van der Waals surface area contributed by atoms with Crippen LogP contribution in [0.5, 0.6) is 5.75 Å². The van der Waals surface area contributed by atoms with Gasteiger partial charge >= 0.3 is 0 Å². The predicted molar refractivity (Wildman–Crippen MR) is 72.3 cm³/mol. The molecule has 94 valence electrons. The van der Waals surface area contributed by atoms with Gasteiger partial charge in [0.05, 0.1) is 0 Å². The van der Waals surface area contributed by atoms with Crippen LogP contribution in [0.4, 0.5) is 0 Å². The number of nitriles is 1. The summed E-state index contributed by atoms with van der Waals surface area (Å²) in [5, 5.41) is 9.51. The Morgan fingerprint density at radius 2 is 1.89 bits per heavy atom. The summed E-state index contributed by atoms with van der Waals surface area (Å²) in [6, 6.07) is 17.0. The highest BCUT2D eigenvalue weighted by atomic mass is 35.5. The van der Waals surface area contributed by atoms with Gasteiger partial charge in [0.2, 0.25) is 11.9 Å². The molecule has 0 fully saturated rings. The molecule has 1 unspecified atom stereocenters. The maximum Gasteiger partial charge on any atom is 0.246 e. The van der Waals surface area contributed by atoms with E-state index in [0.29, 0.717) is 16.3 Å². The third-order valence-electron chi connectivity index (χ3n) is 2.46. The molecule has 0 aliphatic heterocycles. The van der Waals surface area contributed by atoms with Crippen molar-refractivity contribution in [2.45, 2.75) is 6.10 Å². The van der Waals surface area contributed by atoms with Crippen molar-refractivity contribution in [2.75, 3.05) is 0 Å². The van der Waals surface area contributed by atoms with Crippen molar-refractivity contribution in [3.63, 3.8) is 0 Å².